The van der Waals surface area contributed by atoms with E-state index in [1.54, 1.807) is 0 Å². The number of aliphatic carboxylic acids is 1. The molecule has 0 aliphatic heterocycles. The molecule has 0 atom stereocenters. The third kappa shape index (κ3) is 6.78. The second-order valence-electron chi connectivity index (χ2n) is 5.58. The van der Waals surface area contributed by atoms with Crippen molar-refractivity contribution < 1.29 is 14.3 Å². The maximum absolute atomic E-state index is 10.5. The Morgan fingerprint density at radius 2 is 1.80 bits per heavy atom. The summed E-state index contributed by atoms with van der Waals surface area (Å²) in [4.78, 5) is 10.5. The summed E-state index contributed by atoms with van der Waals surface area (Å²) in [5.74, 6) is 1.42. The Morgan fingerprint density at radius 1 is 1.10 bits per heavy atom. The van der Waals surface area contributed by atoms with Gasteiger partial charge in [0, 0.05) is 19.3 Å². The number of rotatable bonds is 11. The number of carboxylic acid groups (broad SMARTS) is 1. The van der Waals surface area contributed by atoms with E-state index in [1.807, 2.05) is 0 Å². The van der Waals surface area contributed by atoms with Gasteiger partial charge in [0.05, 0.1) is 0 Å². The van der Waals surface area contributed by atoms with Crippen molar-refractivity contribution in [3.05, 3.63) is 23.2 Å². The van der Waals surface area contributed by atoms with Crippen LogP contribution in [0.1, 0.15) is 75.4 Å². The molecule has 0 aliphatic carbocycles. The molecule has 0 saturated heterocycles. The van der Waals surface area contributed by atoms with Crippen molar-refractivity contribution in [2.24, 2.45) is 0 Å². The zero-order valence-electron chi connectivity index (χ0n) is 12.9. The molecule has 0 unspecified atom stereocenters. The quantitative estimate of drug-likeness (QED) is 0.587. The number of aryl methyl sites for hydroxylation is 3. The van der Waals surface area contributed by atoms with Gasteiger partial charge in [-0.1, -0.05) is 32.6 Å². The van der Waals surface area contributed by atoms with Crippen LogP contribution in [0.15, 0.2) is 10.5 Å². The molecule has 0 aromatic carbocycles. The van der Waals surface area contributed by atoms with Gasteiger partial charge >= 0.3 is 5.97 Å². The van der Waals surface area contributed by atoms with Crippen molar-refractivity contribution in [2.75, 3.05) is 0 Å². The average Bonchev–Trinajstić information content (AvgIpc) is 2.75. The largest absolute Gasteiger partial charge is 0.481 e. The van der Waals surface area contributed by atoms with Gasteiger partial charge in [-0.15, -0.1) is 0 Å². The molecule has 1 aromatic rings. The van der Waals surface area contributed by atoms with Gasteiger partial charge in [-0.25, -0.2) is 0 Å². The molecule has 3 nitrogen and oxygen atoms in total. The van der Waals surface area contributed by atoms with Gasteiger partial charge in [-0.3, -0.25) is 4.79 Å². The fraction of sp³-hybridized carbons (Fsp3) is 0.706. The molecular formula is C17H28O3. The number of carbonyl (C=O) groups is 1. The first-order valence-electron chi connectivity index (χ1n) is 7.93. The maximum Gasteiger partial charge on any atom is 0.303 e. The van der Waals surface area contributed by atoms with Gasteiger partial charge in [0.25, 0.3) is 0 Å². The second kappa shape index (κ2) is 9.62. The van der Waals surface area contributed by atoms with Crippen LogP contribution in [0.3, 0.4) is 0 Å². The molecule has 0 bridgehead atoms. The normalized spacial score (nSPS) is 10.9. The van der Waals surface area contributed by atoms with Crippen LogP contribution in [0.4, 0.5) is 0 Å². The lowest BCUT2D eigenvalue weighted by Gasteiger charge is -1.99. The highest BCUT2D eigenvalue weighted by molar-refractivity contribution is 5.66. The van der Waals surface area contributed by atoms with Crippen LogP contribution in [0.25, 0.3) is 0 Å². The highest BCUT2D eigenvalue weighted by Gasteiger charge is 2.08. The highest BCUT2D eigenvalue weighted by Crippen LogP contribution is 2.19. The monoisotopic (exact) mass is 280 g/mol. The standard InChI is InChI=1S/C17H28O3/c1-3-4-5-6-7-10-15-13-14(2)16(20-15)11-8-9-12-17(18)19/h13H,3-12H2,1-2H3,(H,18,19). The number of hydrogen-bond acceptors (Lipinski definition) is 2. The Kier molecular flexibility index (Phi) is 8.08. The van der Waals surface area contributed by atoms with E-state index in [0.29, 0.717) is 0 Å². The predicted molar refractivity (Wildman–Crippen MR) is 81.1 cm³/mol. The molecule has 0 amide bonds. The van der Waals surface area contributed by atoms with E-state index < -0.39 is 5.97 Å². The molecule has 3 heteroatoms. The van der Waals surface area contributed by atoms with Crippen LogP contribution >= 0.6 is 0 Å². The lowest BCUT2D eigenvalue weighted by molar-refractivity contribution is -0.137. The number of furan rings is 1. The minimum absolute atomic E-state index is 0.254. The molecule has 0 aliphatic rings. The van der Waals surface area contributed by atoms with Crippen LogP contribution in [0.5, 0.6) is 0 Å². The molecule has 0 radical (unpaired) electrons. The van der Waals surface area contributed by atoms with E-state index in [-0.39, 0.29) is 6.42 Å². The predicted octanol–water partition coefficient (Wildman–Crippen LogP) is 4.90. The van der Waals surface area contributed by atoms with Crippen molar-refractivity contribution in [3.8, 4) is 0 Å². The van der Waals surface area contributed by atoms with Gasteiger partial charge in [0.1, 0.15) is 11.5 Å². The first kappa shape index (κ1) is 16.8. The molecule has 1 heterocycles. The Balaban J connectivity index is 2.26. The van der Waals surface area contributed by atoms with Crippen molar-refractivity contribution >= 4 is 5.97 Å². The molecule has 0 saturated carbocycles. The number of hydrogen-bond donors (Lipinski definition) is 1. The molecule has 1 N–H and O–H groups in total. The third-order valence-corrected chi connectivity index (χ3v) is 3.64. The lowest BCUT2D eigenvalue weighted by Crippen LogP contribution is -1.94. The second-order valence-corrected chi connectivity index (χ2v) is 5.58. The van der Waals surface area contributed by atoms with E-state index in [4.69, 9.17) is 9.52 Å². The zero-order chi connectivity index (χ0) is 14.8. The van der Waals surface area contributed by atoms with E-state index >= 15 is 0 Å². The number of carboxylic acids is 1. The van der Waals surface area contributed by atoms with Crippen LogP contribution in [-0.4, -0.2) is 11.1 Å². The SMILES string of the molecule is CCCCCCCc1cc(C)c(CCCCC(=O)O)o1. The third-order valence-electron chi connectivity index (χ3n) is 3.64. The van der Waals surface area contributed by atoms with E-state index in [0.717, 1.165) is 37.2 Å². The number of unbranched alkanes of at least 4 members (excludes halogenated alkanes) is 5. The summed E-state index contributed by atoms with van der Waals surface area (Å²) in [5, 5.41) is 8.60. The van der Waals surface area contributed by atoms with Gasteiger partial charge in [0.2, 0.25) is 0 Å². The summed E-state index contributed by atoms with van der Waals surface area (Å²) in [6.07, 6.45) is 10.1. The van der Waals surface area contributed by atoms with Crippen molar-refractivity contribution in [3.63, 3.8) is 0 Å². The summed E-state index contributed by atoms with van der Waals surface area (Å²) in [6, 6.07) is 2.15. The summed E-state index contributed by atoms with van der Waals surface area (Å²) in [5.41, 5.74) is 1.21. The minimum atomic E-state index is -0.714. The van der Waals surface area contributed by atoms with E-state index in [2.05, 4.69) is 19.9 Å². The fourth-order valence-corrected chi connectivity index (χ4v) is 2.43. The summed E-state index contributed by atoms with van der Waals surface area (Å²) in [6.45, 7) is 4.31. The van der Waals surface area contributed by atoms with E-state index in [1.165, 1.54) is 37.7 Å². The van der Waals surface area contributed by atoms with Crippen molar-refractivity contribution in [1.29, 1.82) is 0 Å². The lowest BCUT2D eigenvalue weighted by atomic mass is 10.1. The van der Waals surface area contributed by atoms with Gasteiger partial charge < -0.3 is 9.52 Å². The Bertz CT molecular complexity index is 393. The van der Waals surface area contributed by atoms with Crippen molar-refractivity contribution in [2.45, 2.75) is 78.1 Å². The van der Waals surface area contributed by atoms with E-state index in [9.17, 15) is 4.79 Å². The highest BCUT2D eigenvalue weighted by atomic mass is 16.4. The average molecular weight is 280 g/mol. The Labute approximate surface area is 122 Å². The van der Waals surface area contributed by atoms with Crippen LogP contribution < -0.4 is 0 Å². The van der Waals surface area contributed by atoms with Gasteiger partial charge in [-0.2, -0.15) is 0 Å². The summed E-state index contributed by atoms with van der Waals surface area (Å²) in [7, 11) is 0. The molecule has 20 heavy (non-hydrogen) atoms. The fourth-order valence-electron chi connectivity index (χ4n) is 2.43. The van der Waals surface area contributed by atoms with Gasteiger partial charge in [0.15, 0.2) is 0 Å². The maximum atomic E-state index is 10.5. The Morgan fingerprint density at radius 3 is 2.50 bits per heavy atom. The topological polar surface area (TPSA) is 50.4 Å². The van der Waals surface area contributed by atoms with Crippen molar-refractivity contribution in [1.82, 2.24) is 0 Å². The first-order valence-corrected chi connectivity index (χ1v) is 7.93. The molecule has 0 spiro atoms. The Hall–Kier alpha value is -1.25. The first-order chi connectivity index (χ1) is 9.63. The van der Waals surface area contributed by atoms with Gasteiger partial charge in [-0.05, 0) is 37.8 Å². The molecule has 1 rings (SSSR count). The molecular weight excluding hydrogens is 252 g/mol. The summed E-state index contributed by atoms with van der Waals surface area (Å²) < 4.78 is 5.88. The smallest absolute Gasteiger partial charge is 0.303 e. The molecule has 0 fully saturated rings. The minimum Gasteiger partial charge on any atom is -0.481 e. The molecule has 1 aromatic heterocycles. The van der Waals surface area contributed by atoms with Crippen LogP contribution in [0.2, 0.25) is 0 Å². The summed E-state index contributed by atoms with van der Waals surface area (Å²) >= 11 is 0. The molecule has 114 valence electrons. The van der Waals surface area contributed by atoms with Crippen LogP contribution in [0, 0.1) is 6.92 Å². The van der Waals surface area contributed by atoms with Crippen LogP contribution in [-0.2, 0) is 17.6 Å². The zero-order valence-corrected chi connectivity index (χ0v) is 12.9.